The Hall–Kier alpha value is -1.36. The second-order valence-electron chi connectivity index (χ2n) is 7.93. The SMILES string of the molecule is Nc1nc(NCCCN2CCCC2)c2c(n1)C1(CCCC1)CCC2. The summed E-state index contributed by atoms with van der Waals surface area (Å²) >= 11 is 0. The number of likely N-dealkylation sites (tertiary alicyclic amines) is 1. The van der Waals surface area contributed by atoms with Crippen molar-refractivity contribution in [3.8, 4) is 0 Å². The van der Waals surface area contributed by atoms with Crippen LogP contribution in [0.5, 0.6) is 0 Å². The Morgan fingerprint density at radius 2 is 1.75 bits per heavy atom. The van der Waals surface area contributed by atoms with E-state index in [1.165, 1.54) is 88.7 Å². The highest BCUT2D eigenvalue weighted by atomic mass is 15.1. The third kappa shape index (κ3) is 3.10. The molecule has 5 heteroatoms. The van der Waals surface area contributed by atoms with Gasteiger partial charge in [0.15, 0.2) is 0 Å². The molecule has 1 aromatic rings. The summed E-state index contributed by atoms with van der Waals surface area (Å²) in [6.07, 6.45) is 12.8. The van der Waals surface area contributed by atoms with Crippen LogP contribution in [0.3, 0.4) is 0 Å². The van der Waals surface area contributed by atoms with Crippen LogP contribution in [0.1, 0.15) is 69.0 Å². The maximum absolute atomic E-state index is 6.07. The van der Waals surface area contributed by atoms with Crippen molar-refractivity contribution in [3.63, 3.8) is 0 Å². The summed E-state index contributed by atoms with van der Waals surface area (Å²) in [5, 5.41) is 3.59. The van der Waals surface area contributed by atoms with Crippen LogP contribution in [0.15, 0.2) is 0 Å². The molecule has 2 fully saturated rings. The van der Waals surface area contributed by atoms with E-state index in [2.05, 4.69) is 15.2 Å². The molecule has 0 amide bonds. The Kier molecular flexibility index (Phi) is 4.61. The number of fused-ring (bicyclic) bond motifs is 2. The van der Waals surface area contributed by atoms with Crippen molar-refractivity contribution in [1.82, 2.24) is 14.9 Å². The summed E-state index contributed by atoms with van der Waals surface area (Å²) in [7, 11) is 0. The molecule has 2 heterocycles. The lowest BCUT2D eigenvalue weighted by Crippen LogP contribution is -2.31. The van der Waals surface area contributed by atoms with Gasteiger partial charge >= 0.3 is 0 Å². The highest BCUT2D eigenvalue weighted by Crippen LogP contribution is 2.49. The first kappa shape index (κ1) is 16.1. The van der Waals surface area contributed by atoms with Gasteiger partial charge in [-0.3, -0.25) is 0 Å². The van der Waals surface area contributed by atoms with Gasteiger partial charge in [0.1, 0.15) is 5.82 Å². The molecule has 0 radical (unpaired) electrons. The third-order valence-electron chi connectivity index (χ3n) is 6.31. The number of rotatable bonds is 5. The van der Waals surface area contributed by atoms with Crippen molar-refractivity contribution in [1.29, 1.82) is 0 Å². The second kappa shape index (κ2) is 6.87. The second-order valence-corrected chi connectivity index (χ2v) is 7.93. The van der Waals surface area contributed by atoms with Crippen molar-refractivity contribution >= 4 is 11.8 Å². The molecule has 0 unspecified atom stereocenters. The van der Waals surface area contributed by atoms with Crippen LogP contribution >= 0.6 is 0 Å². The highest BCUT2D eigenvalue weighted by Gasteiger charge is 2.41. The molecule has 1 saturated carbocycles. The number of nitrogens with two attached hydrogens (primary N) is 1. The first-order chi connectivity index (χ1) is 11.8. The van der Waals surface area contributed by atoms with E-state index < -0.39 is 0 Å². The molecule has 3 aliphatic rings. The van der Waals surface area contributed by atoms with Crippen LogP contribution in [-0.2, 0) is 11.8 Å². The van der Waals surface area contributed by atoms with Crippen molar-refractivity contribution in [2.24, 2.45) is 0 Å². The zero-order chi connectivity index (χ0) is 16.4. The zero-order valence-electron chi connectivity index (χ0n) is 14.8. The minimum absolute atomic E-state index is 0.302. The number of nitrogen functional groups attached to an aromatic ring is 1. The Morgan fingerprint density at radius 1 is 1.00 bits per heavy atom. The minimum Gasteiger partial charge on any atom is -0.370 e. The van der Waals surface area contributed by atoms with Gasteiger partial charge < -0.3 is 16.0 Å². The van der Waals surface area contributed by atoms with E-state index in [0.717, 1.165) is 18.8 Å². The molecule has 0 bridgehead atoms. The Bertz CT molecular complexity index is 573. The molecule has 24 heavy (non-hydrogen) atoms. The molecular weight excluding hydrogens is 298 g/mol. The molecule has 3 N–H and O–H groups in total. The fourth-order valence-corrected chi connectivity index (χ4v) is 5.10. The van der Waals surface area contributed by atoms with E-state index in [1.54, 1.807) is 0 Å². The van der Waals surface area contributed by atoms with Crippen molar-refractivity contribution in [2.45, 2.75) is 69.6 Å². The molecule has 5 nitrogen and oxygen atoms in total. The summed E-state index contributed by atoms with van der Waals surface area (Å²) in [5.74, 6) is 1.47. The topological polar surface area (TPSA) is 67.1 Å². The molecule has 0 aromatic carbocycles. The van der Waals surface area contributed by atoms with E-state index in [1.807, 2.05) is 0 Å². The maximum atomic E-state index is 6.07. The van der Waals surface area contributed by atoms with Crippen molar-refractivity contribution in [2.75, 3.05) is 37.2 Å². The predicted octanol–water partition coefficient (Wildman–Crippen LogP) is 3.10. The maximum Gasteiger partial charge on any atom is 0.222 e. The highest BCUT2D eigenvalue weighted by molar-refractivity contribution is 5.53. The number of nitrogens with zero attached hydrogens (tertiary/aromatic N) is 3. The lowest BCUT2D eigenvalue weighted by Gasteiger charge is -2.35. The molecule has 0 atom stereocenters. The van der Waals surface area contributed by atoms with Gasteiger partial charge in [-0.05, 0) is 71.0 Å². The molecule has 1 aliphatic heterocycles. The fraction of sp³-hybridized carbons (Fsp3) is 0.789. The van der Waals surface area contributed by atoms with Gasteiger partial charge in [-0.15, -0.1) is 0 Å². The van der Waals surface area contributed by atoms with E-state index in [9.17, 15) is 0 Å². The molecule has 132 valence electrons. The smallest absolute Gasteiger partial charge is 0.222 e. The summed E-state index contributed by atoms with van der Waals surface area (Å²) in [6, 6.07) is 0. The standard InChI is InChI=1S/C19H31N5/c20-18-22-16-15(7-5-10-19(16)8-1-2-9-19)17(23-18)21-11-6-14-24-12-3-4-13-24/h1-14H2,(H3,20,21,22,23). The number of nitrogens with one attached hydrogen (secondary N) is 1. The van der Waals surface area contributed by atoms with E-state index in [0.29, 0.717) is 11.4 Å². The number of hydrogen-bond donors (Lipinski definition) is 2. The zero-order valence-corrected chi connectivity index (χ0v) is 14.8. The van der Waals surface area contributed by atoms with Crippen LogP contribution < -0.4 is 11.1 Å². The molecule has 2 aliphatic carbocycles. The van der Waals surface area contributed by atoms with Gasteiger partial charge in [-0.1, -0.05) is 12.8 Å². The van der Waals surface area contributed by atoms with Gasteiger partial charge in [0.25, 0.3) is 0 Å². The van der Waals surface area contributed by atoms with Gasteiger partial charge in [0.05, 0.1) is 5.69 Å². The summed E-state index contributed by atoms with van der Waals surface area (Å²) in [5.41, 5.74) is 9.01. The molecule has 1 saturated heterocycles. The monoisotopic (exact) mass is 329 g/mol. The fourth-order valence-electron chi connectivity index (χ4n) is 5.10. The Labute approximate surface area is 145 Å². The van der Waals surface area contributed by atoms with E-state index in [4.69, 9.17) is 10.7 Å². The molecular formula is C19H31N5. The third-order valence-corrected chi connectivity index (χ3v) is 6.31. The average molecular weight is 329 g/mol. The van der Waals surface area contributed by atoms with Gasteiger partial charge in [0, 0.05) is 17.5 Å². The largest absolute Gasteiger partial charge is 0.370 e. The van der Waals surface area contributed by atoms with Crippen molar-refractivity contribution in [3.05, 3.63) is 11.3 Å². The quantitative estimate of drug-likeness (QED) is 0.813. The predicted molar refractivity (Wildman–Crippen MR) is 98.3 cm³/mol. The average Bonchev–Trinajstić information content (AvgIpc) is 3.25. The van der Waals surface area contributed by atoms with E-state index >= 15 is 0 Å². The molecule has 1 spiro atoms. The van der Waals surface area contributed by atoms with Crippen LogP contribution in [0, 0.1) is 0 Å². The van der Waals surface area contributed by atoms with Crippen LogP contribution in [0.2, 0.25) is 0 Å². The summed E-state index contributed by atoms with van der Waals surface area (Å²) in [6.45, 7) is 4.73. The number of hydrogen-bond acceptors (Lipinski definition) is 5. The summed E-state index contributed by atoms with van der Waals surface area (Å²) < 4.78 is 0. The van der Waals surface area contributed by atoms with Crippen molar-refractivity contribution < 1.29 is 0 Å². The van der Waals surface area contributed by atoms with Crippen LogP contribution in [-0.4, -0.2) is 41.0 Å². The molecule has 1 aromatic heterocycles. The Morgan fingerprint density at radius 3 is 2.54 bits per heavy atom. The Balaban J connectivity index is 1.46. The van der Waals surface area contributed by atoms with Gasteiger partial charge in [0.2, 0.25) is 5.95 Å². The number of aromatic nitrogens is 2. The van der Waals surface area contributed by atoms with Gasteiger partial charge in [-0.2, -0.15) is 4.98 Å². The first-order valence-electron chi connectivity index (χ1n) is 9.90. The molecule has 4 rings (SSSR count). The van der Waals surface area contributed by atoms with Gasteiger partial charge in [-0.25, -0.2) is 4.98 Å². The normalized spacial score (nSPS) is 22.8. The van der Waals surface area contributed by atoms with E-state index in [-0.39, 0.29) is 0 Å². The summed E-state index contributed by atoms with van der Waals surface area (Å²) in [4.78, 5) is 11.8. The van der Waals surface area contributed by atoms with Crippen LogP contribution in [0.25, 0.3) is 0 Å². The lowest BCUT2D eigenvalue weighted by molar-refractivity contribution is 0.337. The number of anilines is 2. The first-order valence-corrected chi connectivity index (χ1v) is 9.90. The minimum atomic E-state index is 0.302. The van der Waals surface area contributed by atoms with Crippen LogP contribution in [0.4, 0.5) is 11.8 Å². The lowest BCUT2D eigenvalue weighted by atomic mass is 9.72.